The average molecular weight is 279 g/mol. The lowest BCUT2D eigenvalue weighted by molar-refractivity contribution is -0.130. The Labute approximate surface area is 117 Å². The number of aliphatic hydroxyl groups excluding tert-OH is 1. The lowest BCUT2D eigenvalue weighted by Gasteiger charge is -2.34. The molecule has 0 unspecified atom stereocenters. The second-order valence-corrected chi connectivity index (χ2v) is 5.67. The normalized spacial score (nSPS) is 21.4. The van der Waals surface area contributed by atoms with Crippen LogP contribution in [-0.4, -0.2) is 45.6 Å². The van der Waals surface area contributed by atoms with E-state index in [2.05, 4.69) is 9.97 Å². The molecule has 1 aliphatic rings. The van der Waals surface area contributed by atoms with Crippen molar-refractivity contribution in [2.45, 2.75) is 39.2 Å². The maximum absolute atomic E-state index is 12.2. The number of H-pyrrole nitrogens is 1. The Kier molecular flexibility index (Phi) is 4.23. The van der Waals surface area contributed by atoms with E-state index in [9.17, 15) is 14.7 Å². The molecule has 6 nitrogen and oxygen atoms in total. The molecule has 1 aliphatic carbocycles. The molecule has 0 saturated heterocycles. The number of rotatable bonds is 4. The first kappa shape index (κ1) is 14.7. The minimum Gasteiger partial charge on any atom is -0.393 e. The Morgan fingerprint density at radius 1 is 1.45 bits per heavy atom. The molecule has 0 bridgehead atoms. The number of nitrogens with one attached hydrogen (secondary N) is 1. The minimum atomic E-state index is -0.381. The molecule has 0 atom stereocenters. The maximum Gasteiger partial charge on any atom is 0.345 e. The largest absolute Gasteiger partial charge is 0.393 e. The third-order valence-corrected chi connectivity index (χ3v) is 3.95. The van der Waals surface area contributed by atoms with Crippen molar-refractivity contribution in [1.82, 2.24) is 14.9 Å². The Hall–Kier alpha value is -1.69. The number of likely N-dealkylation sites (N-methyl/N-ethyl adjacent to an activating group) is 1. The predicted molar refractivity (Wildman–Crippen MR) is 74.4 cm³/mol. The summed E-state index contributed by atoms with van der Waals surface area (Å²) >= 11 is 0. The standard InChI is InChI=1S/C14H21N3O3/c1-8-12(9(2)16-14(20)15-8)6-13(19)17(3)7-10-4-11(18)5-10/h10-11,18H,4-7H2,1-3H3,(H,15,16,20). The average Bonchev–Trinajstić information content (AvgIpc) is 2.31. The van der Waals surface area contributed by atoms with Gasteiger partial charge in [-0.1, -0.05) is 0 Å². The number of carbonyl (C=O) groups is 1. The number of carbonyl (C=O) groups excluding carboxylic acids is 1. The Balaban J connectivity index is 1.99. The van der Waals surface area contributed by atoms with E-state index in [1.807, 2.05) is 0 Å². The number of hydrogen-bond donors (Lipinski definition) is 2. The summed E-state index contributed by atoms with van der Waals surface area (Å²) in [5.41, 5.74) is 1.71. The molecule has 1 saturated carbocycles. The zero-order valence-electron chi connectivity index (χ0n) is 12.1. The number of aromatic amines is 1. The molecule has 0 aromatic carbocycles. The van der Waals surface area contributed by atoms with E-state index < -0.39 is 0 Å². The molecule has 110 valence electrons. The molecule has 0 spiro atoms. The van der Waals surface area contributed by atoms with Crippen molar-refractivity contribution in [3.63, 3.8) is 0 Å². The molecule has 6 heteroatoms. The van der Waals surface area contributed by atoms with Gasteiger partial charge in [-0.15, -0.1) is 0 Å². The first-order valence-electron chi connectivity index (χ1n) is 6.85. The van der Waals surface area contributed by atoms with E-state index in [0.29, 0.717) is 23.9 Å². The van der Waals surface area contributed by atoms with Crippen molar-refractivity contribution < 1.29 is 9.90 Å². The van der Waals surface area contributed by atoms with E-state index in [-0.39, 0.29) is 24.1 Å². The predicted octanol–water partition coefficient (Wildman–Crippen LogP) is 0.159. The van der Waals surface area contributed by atoms with Crippen LogP contribution in [0.2, 0.25) is 0 Å². The van der Waals surface area contributed by atoms with Crippen LogP contribution >= 0.6 is 0 Å². The molecule has 1 heterocycles. The van der Waals surface area contributed by atoms with Crippen molar-refractivity contribution in [3.05, 3.63) is 27.4 Å². The van der Waals surface area contributed by atoms with Crippen LogP contribution in [0.1, 0.15) is 29.8 Å². The van der Waals surface area contributed by atoms with Crippen LogP contribution in [-0.2, 0) is 11.2 Å². The quantitative estimate of drug-likeness (QED) is 0.822. The van der Waals surface area contributed by atoms with E-state index in [1.165, 1.54) is 0 Å². The fourth-order valence-electron chi connectivity index (χ4n) is 2.64. The summed E-state index contributed by atoms with van der Waals surface area (Å²) in [5.74, 6) is 0.404. The van der Waals surface area contributed by atoms with E-state index in [1.54, 1.807) is 25.8 Å². The molecule has 1 fully saturated rings. The molecule has 2 rings (SSSR count). The molecule has 1 aromatic heterocycles. The topological polar surface area (TPSA) is 86.3 Å². The zero-order chi connectivity index (χ0) is 14.9. The molecule has 1 aromatic rings. The van der Waals surface area contributed by atoms with Crippen molar-refractivity contribution in [2.24, 2.45) is 5.92 Å². The molecular weight excluding hydrogens is 258 g/mol. The van der Waals surface area contributed by atoms with Gasteiger partial charge in [0.15, 0.2) is 0 Å². The molecule has 0 aliphatic heterocycles. The van der Waals surface area contributed by atoms with Gasteiger partial charge >= 0.3 is 5.69 Å². The fraction of sp³-hybridized carbons (Fsp3) is 0.643. The van der Waals surface area contributed by atoms with Gasteiger partial charge in [0.1, 0.15) is 0 Å². The summed E-state index contributed by atoms with van der Waals surface area (Å²) < 4.78 is 0. The Morgan fingerprint density at radius 2 is 2.10 bits per heavy atom. The summed E-state index contributed by atoms with van der Waals surface area (Å²) in [6.07, 6.45) is 1.59. The van der Waals surface area contributed by atoms with Crippen LogP contribution in [0, 0.1) is 19.8 Å². The first-order chi connectivity index (χ1) is 9.36. The van der Waals surface area contributed by atoms with Crippen LogP contribution < -0.4 is 5.69 Å². The molecular formula is C14H21N3O3. The van der Waals surface area contributed by atoms with E-state index >= 15 is 0 Å². The van der Waals surface area contributed by atoms with Crippen molar-refractivity contribution in [1.29, 1.82) is 0 Å². The van der Waals surface area contributed by atoms with Crippen LogP contribution in [0.15, 0.2) is 4.79 Å². The fourth-order valence-corrected chi connectivity index (χ4v) is 2.64. The molecule has 1 amide bonds. The van der Waals surface area contributed by atoms with Gasteiger partial charge in [-0.2, -0.15) is 4.98 Å². The van der Waals surface area contributed by atoms with Gasteiger partial charge in [0, 0.05) is 30.5 Å². The SMILES string of the molecule is Cc1nc(=O)[nH]c(C)c1CC(=O)N(C)CC1CC(O)C1. The van der Waals surface area contributed by atoms with Crippen LogP contribution in [0.4, 0.5) is 0 Å². The highest BCUT2D eigenvalue weighted by Crippen LogP contribution is 2.27. The van der Waals surface area contributed by atoms with Crippen molar-refractivity contribution in [3.8, 4) is 0 Å². The number of hydrogen-bond acceptors (Lipinski definition) is 4. The lowest BCUT2D eigenvalue weighted by Crippen LogP contribution is -2.40. The number of nitrogens with zero attached hydrogens (tertiary/aromatic N) is 2. The van der Waals surface area contributed by atoms with Crippen LogP contribution in [0.5, 0.6) is 0 Å². The highest BCUT2D eigenvalue weighted by atomic mass is 16.3. The van der Waals surface area contributed by atoms with Crippen LogP contribution in [0.25, 0.3) is 0 Å². The summed E-state index contributed by atoms with van der Waals surface area (Å²) in [5, 5.41) is 9.26. The minimum absolute atomic E-state index is 0.00596. The smallest absolute Gasteiger partial charge is 0.345 e. The van der Waals surface area contributed by atoms with Gasteiger partial charge in [-0.05, 0) is 32.6 Å². The highest BCUT2D eigenvalue weighted by molar-refractivity contribution is 5.79. The number of aliphatic hydroxyl groups is 1. The maximum atomic E-state index is 12.2. The monoisotopic (exact) mass is 279 g/mol. The van der Waals surface area contributed by atoms with Gasteiger partial charge in [0.25, 0.3) is 0 Å². The Morgan fingerprint density at radius 3 is 2.65 bits per heavy atom. The summed E-state index contributed by atoms with van der Waals surface area (Å²) in [7, 11) is 1.77. The second kappa shape index (κ2) is 5.75. The highest BCUT2D eigenvalue weighted by Gasteiger charge is 2.29. The van der Waals surface area contributed by atoms with Crippen LogP contribution in [0.3, 0.4) is 0 Å². The zero-order valence-corrected chi connectivity index (χ0v) is 12.1. The third-order valence-electron chi connectivity index (χ3n) is 3.95. The van der Waals surface area contributed by atoms with Gasteiger partial charge in [-0.25, -0.2) is 4.79 Å². The molecule has 0 radical (unpaired) electrons. The van der Waals surface area contributed by atoms with Gasteiger partial charge in [-0.3, -0.25) is 4.79 Å². The number of amides is 1. The summed E-state index contributed by atoms with van der Waals surface area (Å²) in [6, 6.07) is 0. The van der Waals surface area contributed by atoms with Crippen molar-refractivity contribution >= 4 is 5.91 Å². The van der Waals surface area contributed by atoms with Crippen molar-refractivity contribution in [2.75, 3.05) is 13.6 Å². The summed E-state index contributed by atoms with van der Waals surface area (Å²) in [6.45, 7) is 4.19. The summed E-state index contributed by atoms with van der Waals surface area (Å²) in [4.78, 5) is 31.6. The van der Waals surface area contributed by atoms with E-state index in [0.717, 1.165) is 18.4 Å². The third kappa shape index (κ3) is 3.25. The molecule has 2 N–H and O–H groups in total. The molecule has 20 heavy (non-hydrogen) atoms. The number of aromatic nitrogens is 2. The first-order valence-corrected chi connectivity index (χ1v) is 6.85. The second-order valence-electron chi connectivity index (χ2n) is 5.67. The van der Waals surface area contributed by atoms with E-state index in [4.69, 9.17) is 0 Å². The lowest BCUT2D eigenvalue weighted by atomic mass is 9.82. The van der Waals surface area contributed by atoms with Gasteiger partial charge in [0.05, 0.1) is 12.5 Å². The number of aryl methyl sites for hydroxylation is 2. The van der Waals surface area contributed by atoms with Gasteiger partial charge in [0.2, 0.25) is 5.91 Å². The van der Waals surface area contributed by atoms with Gasteiger partial charge < -0.3 is 15.0 Å². The Bertz CT molecular complexity index is 535.